The molecular weight excluding hydrogens is 136 g/mol. The van der Waals surface area contributed by atoms with Crippen molar-refractivity contribution in [1.29, 1.82) is 0 Å². The predicted octanol–water partition coefficient (Wildman–Crippen LogP) is 1.92. The smallest absolute Gasteiger partial charge is 0.134 e. The monoisotopic (exact) mass is 148 g/mol. The van der Waals surface area contributed by atoms with Gasteiger partial charge in [-0.3, -0.25) is 0 Å². The van der Waals surface area contributed by atoms with Gasteiger partial charge in [0.25, 0.3) is 0 Å². The maximum Gasteiger partial charge on any atom is 0.134 e. The van der Waals surface area contributed by atoms with Gasteiger partial charge in [0, 0.05) is 17.8 Å². The number of hydrogen-bond donors (Lipinski definition) is 0. The molecular formula is C9H12N2. The molecule has 1 fully saturated rings. The van der Waals surface area contributed by atoms with Gasteiger partial charge in [-0.1, -0.05) is 6.92 Å². The molecule has 0 aromatic carbocycles. The van der Waals surface area contributed by atoms with E-state index in [1.807, 2.05) is 18.5 Å². The van der Waals surface area contributed by atoms with Crippen LogP contribution < -0.4 is 0 Å². The second kappa shape index (κ2) is 2.29. The van der Waals surface area contributed by atoms with E-state index in [0.717, 1.165) is 5.82 Å². The third kappa shape index (κ3) is 1.02. The maximum absolute atomic E-state index is 4.27. The first-order chi connectivity index (χ1) is 5.37. The van der Waals surface area contributed by atoms with Crippen molar-refractivity contribution in [2.45, 2.75) is 31.6 Å². The van der Waals surface area contributed by atoms with Gasteiger partial charge in [0.05, 0.1) is 0 Å². The number of rotatable bonds is 2. The largest absolute Gasteiger partial charge is 0.241 e. The molecule has 0 bridgehead atoms. The van der Waals surface area contributed by atoms with Crippen LogP contribution in [0.5, 0.6) is 0 Å². The number of aromatic nitrogens is 2. The second-order valence-corrected chi connectivity index (χ2v) is 3.21. The van der Waals surface area contributed by atoms with Crippen LogP contribution in [-0.4, -0.2) is 9.97 Å². The molecule has 2 nitrogen and oxygen atoms in total. The number of hydrogen-bond acceptors (Lipinski definition) is 2. The van der Waals surface area contributed by atoms with Gasteiger partial charge >= 0.3 is 0 Å². The summed E-state index contributed by atoms with van der Waals surface area (Å²) in [6, 6.07) is 1.87. The first-order valence-corrected chi connectivity index (χ1v) is 4.15. The predicted molar refractivity (Wildman–Crippen MR) is 43.2 cm³/mol. The van der Waals surface area contributed by atoms with Crippen LogP contribution in [0.1, 0.15) is 32.0 Å². The molecule has 1 saturated carbocycles. The third-order valence-electron chi connectivity index (χ3n) is 2.57. The summed E-state index contributed by atoms with van der Waals surface area (Å²) in [4.78, 5) is 8.55. The van der Waals surface area contributed by atoms with Crippen LogP contribution in [0.15, 0.2) is 18.5 Å². The van der Waals surface area contributed by atoms with Crippen LogP contribution >= 0.6 is 0 Å². The molecule has 0 N–H and O–H groups in total. The van der Waals surface area contributed by atoms with Crippen molar-refractivity contribution in [1.82, 2.24) is 9.97 Å². The average Bonchev–Trinajstić information content (AvgIpc) is 2.86. The van der Waals surface area contributed by atoms with Crippen molar-refractivity contribution >= 4 is 0 Å². The zero-order valence-electron chi connectivity index (χ0n) is 6.75. The Bertz CT molecular complexity index is 239. The Morgan fingerprint density at radius 3 is 2.45 bits per heavy atom. The first kappa shape index (κ1) is 6.77. The van der Waals surface area contributed by atoms with Crippen molar-refractivity contribution in [3.05, 3.63) is 24.3 Å². The summed E-state index contributed by atoms with van der Waals surface area (Å²) in [7, 11) is 0. The lowest BCUT2D eigenvalue weighted by atomic mass is 10.0. The van der Waals surface area contributed by atoms with Crippen molar-refractivity contribution in [2.24, 2.45) is 0 Å². The van der Waals surface area contributed by atoms with Gasteiger partial charge in [-0.15, -0.1) is 0 Å². The molecule has 0 saturated heterocycles. The Morgan fingerprint density at radius 2 is 2.00 bits per heavy atom. The SMILES string of the molecule is CCC1(c2ncccn2)CC1. The summed E-state index contributed by atoms with van der Waals surface area (Å²) < 4.78 is 0. The fourth-order valence-electron chi connectivity index (χ4n) is 1.46. The van der Waals surface area contributed by atoms with Gasteiger partial charge in [-0.05, 0) is 25.3 Å². The summed E-state index contributed by atoms with van der Waals surface area (Å²) in [6.45, 7) is 2.21. The maximum atomic E-state index is 4.27. The lowest BCUT2D eigenvalue weighted by Gasteiger charge is -2.08. The zero-order chi connectivity index (χ0) is 7.73. The van der Waals surface area contributed by atoms with Crippen LogP contribution in [0.3, 0.4) is 0 Å². The van der Waals surface area contributed by atoms with Crippen LogP contribution in [0.2, 0.25) is 0 Å². The van der Waals surface area contributed by atoms with Crippen molar-refractivity contribution < 1.29 is 0 Å². The summed E-state index contributed by atoms with van der Waals surface area (Å²) in [5, 5.41) is 0. The Morgan fingerprint density at radius 1 is 1.36 bits per heavy atom. The standard InChI is InChI=1S/C9H12N2/c1-2-9(4-5-9)8-10-6-3-7-11-8/h3,6-7H,2,4-5H2,1H3. The fraction of sp³-hybridized carbons (Fsp3) is 0.556. The van der Waals surface area contributed by atoms with Gasteiger partial charge in [0.2, 0.25) is 0 Å². The van der Waals surface area contributed by atoms with Gasteiger partial charge < -0.3 is 0 Å². The van der Waals surface area contributed by atoms with E-state index in [0.29, 0.717) is 5.41 Å². The highest BCUT2D eigenvalue weighted by molar-refractivity contribution is 5.16. The molecule has 0 atom stereocenters. The normalized spacial score (nSPS) is 19.7. The minimum atomic E-state index is 0.362. The van der Waals surface area contributed by atoms with E-state index in [1.165, 1.54) is 19.3 Å². The van der Waals surface area contributed by atoms with E-state index < -0.39 is 0 Å². The molecule has 2 heteroatoms. The van der Waals surface area contributed by atoms with E-state index in [9.17, 15) is 0 Å². The topological polar surface area (TPSA) is 25.8 Å². The summed E-state index contributed by atoms with van der Waals surface area (Å²) in [6.07, 6.45) is 7.38. The molecule has 0 amide bonds. The highest BCUT2D eigenvalue weighted by Gasteiger charge is 2.44. The number of nitrogens with zero attached hydrogens (tertiary/aromatic N) is 2. The van der Waals surface area contributed by atoms with Crippen molar-refractivity contribution in [2.75, 3.05) is 0 Å². The van der Waals surface area contributed by atoms with E-state index in [1.54, 1.807) is 0 Å². The third-order valence-corrected chi connectivity index (χ3v) is 2.57. The molecule has 0 aliphatic heterocycles. The molecule has 1 heterocycles. The molecule has 1 aliphatic carbocycles. The van der Waals surface area contributed by atoms with E-state index in [-0.39, 0.29) is 0 Å². The second-order valence-electron chi connectivity index (χ2n) is 3.21. The Kier molecular flexibility index (Phi) is 1.41. The zero-order valence-corrected chi connectivity index (χ0v) is 6.75. The van der Waals surface area contributed by atoms with E-state index >= 15 is 0 Å². The molecule has 58 valence electrons. The Labute approximate surface area is 66.7 Å². The molecule has 2 rings (SSSR count). The van der Waals surface area contributed by atoms with E-state index in [2.05, 4.69) is 16.9 Å². The highest BCUT2D eigenvalue weighted by Crippen LogP contribution is 2.48. The molecule has 0 unspecified atom stereocenters. The quantitative estimate of drug-likeness (QED) is 0.640. The van der Waals surface area contributed by atoms with Crippen LogP contribution in [0.4, 0.5) is 0 Å². The Hall–Kier alpha value is -0.920. The summed E-state index contributed by atoms with van der Waals surface area (Å²) in [5.74, 6) is 1.04. The molecule has 11 heavy (non-hydrogen) atoms. The minimum Gasteiger partial charge on any atom is -0.241 e. The fourth-order valence-corrected chi connectivity index (χ4v) is 1.46. The van der Waals surface area contributed by atoms with Crippen LogP contribution in [-0.2, 0) is 5.41 Å². The van der Waals surface area contributed by atoms with Gasteiger partial charge in [-0.25, -0.2) is 9.97 Å². The van der Waals surface area contributed by atoms with Gasteiger partial charge in [-0.2, -0.15) is 0 Å². The lowest BCUT2D eigenvalue weighted by molar-refractivity contribution is 0.614. The first-order valence-electron chi connectivity index (χ1n) is 4.15. The summed E-state index contributed by atoms with van der Waals surface area (Å²) in [5.41, 5.74) is 0.362. The van der Waals surface area contributed by atoms with Crippen molar-refractivity contribution in [3.63, 3.8) is 0 Å². The molecule has 1 aromatic rings. The minimum absolute atomic E-state index is 0.362. The lowest BCUT2D eigenvalue weighted by Crippen LogP contribution is -2.08. The average molecular weight is 148 g/mol. The van der Waals surface area contributed by atoms with Crippen molar-refractivity contribution in [3.8, 4) is 0 Å². The highest BCUT2D eigenvalue weighted by atomic mass is 14.9. The molecule has 0 spiro atoms. The molecule has 1 aromatic heterocycles. The Balaban J connectivity index is 2.30. The summed E-state index contributed by atoms with van der Waals surface area (Å²) >= 11 is 0. The molecule has 0 radical (unpaired) electrons. The van der Waals surface area contributed by atoms with Crippen LogP contribution in [0.25, 0.3) is 0 Å². The van der Waals surface area contributed by atoms with Crippen LogP contribution in [0, 0.1) is 0 Å². The van der Waals surface area contributed by atoms with E-state index in [4.69, 9.17) is 0 Å². The van der Waals surface area contributed by atoms with Gasteiger partial charge in [0.1, 0.15) is 5.82 Å². The van der Waals surface area contributed by atoms with Gasteiger partial charge in [0.15, 0.2) is 0 Å². The molecule has 1 aliphatic rings.